The minimum Gasteiger partial charge on any atom is -0.462 e. The molecule has 0 aliphatic heterocycles. The molecule has 0 fully saturated rings. The van der Waals surface area contributed by atoms with E-state index in [2.05, 4.69) is 81.5 Å². The van der Waals surface area contributed by atoms with Gasteiger partial charge in [-0.1, -0.05) is 345 Å². The van der Waals surface area contributed by atoms with Crippen LogP contribution in [0.25, 0.3) is 0 Å². The summed E-state index contributed by atoms with van der Waals surface area (Å²) < 4.78 is 17.0. The first-order chi connectivity index (χ1) is 40.5. The van der Waals surface area contributed by atoms with Crippen LogP contribution in [0.2, 0.25) is 0 Å². The van der Waals surface area contributed by atoms with Crippen molar-refractivity contribution < 1.29 is 28.6 Å². The van der Waals surface area contributed by atoms with Crippen molar-refractivity contribution in [1.29, 1.82) is 0 Å². The molecule has 6 nitrogen and oxygen atoms in total. The highest BCUT2D eigenvalue weighted by Gasteiger charge is 2.19. The molecule has 0 aromatic heterocycles. The Morgan fingerprint density at radius 3 is 0.756 bits per heavy atom. The van der Waals surface area contributed by atoms with Crippen molar-refractivity contribution in [2.75, 3.05) is 13.2 Å². The highest BCUT2D eigenvalue weighted by Crippen LogP contribution is 2.18. The van der Waals surface area contributed by atoms with Gasteiger partial charge in [0.2, 0.25) is 0 Å². The molecular formula is C76H138O6. The summed E-state index contributed by atoms with van der Waals surface area (Å²) in [6.45, 7) is 6.57. The van der Waals surface area contributed by atoms with Crippen LogP contribution in [-0.2, 0) is 28.6 Å². The number of esters is 3. The van der Waals surface area contributed by atoms with E-state index in [-0.39, 0.29) is 31.1 Å². The number of carbonyl (C=O) groups is 3. The zero-order chi connectivity index (χ0) is 59.2. The van der Waals surface area contributed by atoms with Gasteiger partial charge in [-0.25, -0.2) is 0 Å². The molecule has 0 amide bonds. The van der Waals surface area contributed by atoms with Crippen molar-refractivity contribution in [3.05, 3.63) is 60.8 Å². The summed E-state index contributed by atoms with van der Waals surface area (Å²) in [7, 11) is 0. The first-order valence-corrected chi connectivity index (χ1v) is 36.3. The summed E-state index contributed by atoms with van der Waals surface area (Å²) in [6, 6.07) is 0. The predicted octanol–water partition coefficient (Wildman–Crippen LogP) is 25.1. The quantitative estimate of drug-likeness (QED) is 0.0261. The molecule has 0 aliphatic carbocycles. The average molecular weight is 1150 g/mol. The SMILES string of the molecule is CC/C=C\C/C=C\C/C=C\C/C=C\CCCCCCCCCCCCCCCCCCCCCCCCC(=O)OCC(COC(=O)CCCCCCCCCCCCC)OC(=O)CCCCCCCCC/C=C\CCCCCCCCC. The Labute approximate surface area is 510 Å². The minimum atomic E-state index is -0.772. The van der Waals surface area contributed by atoms with Crippen molar-refractivity contribution in [2.24, 2.45) is 0 Å². The summed E-state index contributed by atoms with van der Waals surface area (Å²) in [5.41, 5.74) is 0. The monoisotopic (exact) mass is 1150 g/mol. The molecule has 0 bridgehead atoms. The number of ether oxygens (including phenoxy) is 3. The van der Waals surface area contributed by atoms with Crippen LogP contribution in [0.5, 0.6) is 0 Å². The second kappa shape index (κ2) is 70.6. The van der Waals surface area contributed by atoms with Crippen LogP contribution in [0.3, 0.4) is 0 Å². The largest absolute Gasteiger partial charge is 0.462 e. The summed E-state index contributed by atoms with van der Waals surface area (Å²) in [5.74, 6) is -0.848. The van der Waals surface area contributed by atoms with E-state index in [4.69, 9.17) is 14.2 Å². The van der Waals surface area contributed by atoms with Gasteiger partial charge < -0.3 is 14.2 Å². The van der Waals surface area contributed by atoms with Crippen LogP contribution < -0.4 is 0 Å². The van der Waals surface area contributed by atoms with E-state index in [0.717, 1.165) is 83.5 Å². The fourth-order valence-corrected chi connectivity index (χ4v) is 10.8. The molecule has 0 saturated heterocycles. The molecule has 0 aliphatic rings. The Balaban J connectivity index is 4.06. The molecule has 0 radical (unpaired) electrons. The lowest BCUT2D eigenvalue weighted by atomic mass is 10.0. The van der Waals surface area contributed by atoms with E-state index in [9.17, 15) is 14.4 Å². The van der Waals surface area contributed by atoms with Crippen molar-refractivity contribution in [2.45, 2.75) is 393 Å². The fraction of sp³-hybridized carbons (Fsp3) is 0.829. The van der Waals surface area contributed by atoms with E-state index in [1.807, 2.05) is 0 Å². The molecule has 0 heterocycles. The zero-order valence-corrected chi connectivity index (χ0v) is 55.0. The standard InChI is InChI=1S/C76H138O6/c1-4-7-10-13-16-19-22-24-26-28-30-31-32-33-34-35-36-37-38-39-40-41-42-43-44-45-46-48-49-51-54-57-60-63-66-69-75(78)81-72-73(71-80-74(77)68-65-62-59-56-53-21-18-15-12-9-6-3)82-76(79)70-67-64-61-58-55-52-50-47-29-27-25-23-20-17-14-11-8-5-2/h7,10,16,19,24,26-27,29-31,73H,4-6,8-9,11-15,17-18,20-23,25,28,32-72H2,1-3H3/b10-7-,19-16-,26-24-,29-27-,31-30-. The molecule has 0 rings (SSSR count). The van der Waals surface area contributed by atoms with Crippen LogP contribution in [0.4, 0.5) is 0 Å². The maximum Gasteiger partial charge on any atom is 0.306 e. The van der Waals surface area contributed by atoms with E-state index in [0.29, 0.717) is 19.3 Å². The maximum atomic E-state index is 12.9. The third-order valence-electron chi connectivity index (χ3n) is 16.3. The van der Waals surface area contributed by atoms with Gasteiger partial charge in [0.05, 0.1) is 0 Å². The number of carbonyl (C=O) groups excluding carboxylic acids is 3. The van der Waals surface area contributed by atoms with E-state index in [1.54, 1.807) is 0 Å². The molecule has 1 unspecified atom stereocenters. The third kappa shape index (κ3) is 67.9. The summed E-state index contributed by atoms with van der Waals surface area (Å²) in [4.78, 5) is 38.3. The van der Waals surface area contributed by atoms with E-state index < -0.39 is 6.10 Å². The summed E-state index contributed by atoms with van der Waals surface area (Å²) >= 11 is 0. The molecule has 0 aromatic rings. The van der Waals surface area contributed by atoms with Gasteiger partial charge in [-0.05, 0) is 83.5 Å². The first-order valence-electron chi connectivity index (χ1n) is 36.3. The van der Waals surface area contributed by atoms with Crippen LogP contribution in [0.15, 0.2) is 60.8 Å². The van der Waals surface area contributed by atoms with Crippen LogP contribution in [0.1, 0.15) is 387 Å². The van der Waals surface area contributed by atoms with Gasteiger partial charge in [0.15, 0.2) is 6.10 Å². The maximum absolute atomic E-state index is 12.9. The van der Waals surface area contributed by atoms with Gasteiger partial charge in [-0.3, -0.25) is 14.4 Å². The van der Waals surface area contributed by atoms with Gasteiger partial charge >= 0.3 is 17.9 Å². The molecule has 0 N–H and O–H groups in total. The molecule has 0 spiro atoms. The van der Waals surface area contributed by atoms with E-state index >= 15 is 0 Å². The van der Waals surface area contributed by atoms with Gasteiger partial charge in [0.25, 0.3) is 0 Å². The average Bonchev–Trinajstić information content (AvgIpc) is 3.47. The molecule has 478 valence electrons. The molecular weight excluding hydrogens is 1010 g/mol. The fourth-order valence-electron chi connectivity index (χ4n) is 10.8. The Morgan fingerprint density at radius 1 is 0.256 bits per heavy atom. The number of unbranched alkanes of at least 4 members (excludes halogenated alkanes) is 46. The van der Waals surface area contributed by atoms with Crippen LogP contribution in [0, 0.1) is 0 Å². The highest BCUT2D eigenvalue weighted by molar-refractivity contribution is 5.71. The summed E-state index contributed by atoms with van der Waals surface area (Å²) in [6.07, 6.45) is 91.3. The Morgan fingerprint density at radius 2 is 0.476 bits per heavy atom. The second-order valence-electron chi connectivity index (χ2n) is 24.5. The lowest BCUT2D eigenvalue weighted by Gasteiger charge is -2.18. The van der Waals surface area contributed by atoms with Crippen molar-refractivity contribution in [3.63, 3.8) is 0 Å². The van der Waals surface area contributed by atoms with Crippen molar-refractivity contribution in [3.8, 4) is 0 Å². The topological polar surface area (TPSA) is 78.9 Å². The molecule has 82 heavy (non-hydrogen) atoms. The van der Waals surface area contributed by atoms with Crippen molar-refractivity contribution in [1.82, 2.24) is 0 Å². The Bertz CT molecular complexity index is 1460. The number of rotatable bonds is 67. The first kappa shape index (κ1) is 79.1. The lowest BCUT2D eigenvalue weighted by Crippen LogP contribution is -2.30. The van der Waals surface area contributed by atoms with Gasteiger partial charge in [-0.2, -0.15) is 0 Å². The predicted molar refractivity (Wildman–Crippen MR) is 358 cm³/mol. The van der Waals surface area contributed by atoms with Crippen LogP contribution in [-0.4, -0.2) is 37.2 Å². The minimum absolute atomic E-state index is 0.0689. The Kier molecular flexibility index (Phi) is 68.1. The van der Waals surface area contributed by atoms with Gasteiger partial charge in [0, 0.05) is 19.3 Å². The lowest BCUT2D eigenvalue weighted by molar-refractivity contribution is -0.167. The second-order valence-corrected chi connectivity index (χ2v) is 24.5. The van der Waals surface area contributed by atoms with Crippen molar-refractivity contribution >= 4 is 17.9 Å². The molecule has 6 heteroatoms. The molecule has 0 saturated carbocycles. The highest BCUT2D eigenvalue weighted by atomic mass is 16.6. The number of hydrogen-bond acceptors (Lipinski definition) is 6. The molecule has 0 aromatic carbocycles. The van der Waals surface area contributed by atoms with Gasteiger partial charge in [-0.15, -0.1) is 0 Å². The number of hydrogen-bond donors (Lipinski definition) is 0. The van der Waals surface area contributed by atoms with Crippen LogP contribution >= 0.6 is 0 Å². The third-order valence-corrected chi connectivity index (χ3v) is 16.3. The smallest absolute Gasteiger partial charge is 0.306 e. The normalized spacial score (nSPS) is 12.4. The number of allylic oxidation sites excluding steroid dienone is 10. The zero-order valence-electron chi connectivity index (χ0n) is 55.0. The Hall–Kier alpha value is -2.89. The molecule has 1 atom stereocenters. The van der Waals surface area contributed by atoms with Gasteiger partial charge in [0.1, 0.15) is 13.2 Å². The van der Waals surface area contributed by atoms with E-state index in [1.165, 1.54) is 263 Å². The summed E-state index contributed by atoms with van der Waals surface area (Å²) in [5, 5.41) is 0.